The molecule has 6 rings (SSSR count). The van der Waals surface area contributed by atoms with Crippen molar-refractivity contribution >= 4 is 44.3 Å². The van der Waals surface area contributed by atoms with E-state index >= 15 is 0 Å². The van der Waals surface area contributed by atoms with Gasteiger partial charge in [-0.2, -0.15) is 5.10 Å². The smallest absolute Gasteiger partial charge is 0.245 e. The summed E-state index contributed by atoms with van der Waals surface area (Å²) >= 11 is 3.32. The molecule has 1 aliphatic heterocycles. The number of hydrogen-bond acceptors (Lipinski definition) is 8. The predicted octanol–water partition coefficient (Wildman–Crippen LogP) is 3.82. The van der Waals surface area contributed by atoms with Crippen molar-refractivity contribution in [3.8, 4) is 11.3 Å². The minimum Gasteiger partial charge on any atom is -0.327 e. The molecule has 0 spiro atoms. The van der Waals surface area contributed by atoms with Crippen LogP contribution in [0, 0.1) is 12.3 Å². The van der Waals surface area contributed by atoms with E-state index in [0.717, 1.165) is 6.42 Å². The molecule has 11 heteroatoms. The lowest BCUT2D eigenvalue weighted by molar-refractivity contribution is -0.133. The van der Waals surface area contributed by atoms with Crippen LogP contribution in [0.25, 0.3) is 22.2 Å². The summed E-state index contributed by atoms with van der Waals surface area (Å²) in [5.74, 6) is 0.0319. The lowest BCUT2D eigenvalue weighted by Crippen LogP contribution is -2.45. The molecule has 0 bridgehead atoms. The number of Topliss-reactive ketones (excluding diaryl/α,β-unsaturated/α-hetero) is 2. The van der Waals surface area contributed by atoms with Gasteiger partial charge in [0.25, 0.3) is 0 Å². The molecule has 38 heavy (non-hydrogen) atoms. The quantitative estimate of drug-likeness (QED) is 0.252. The molecule has 0 aromatic carbocycles. The van der Waals surface area contributed by atoms with Gasteiger partial charge in [0.05, 0.1) is 23.4 Å². The van der Waals surface area contributed by atoms with Gasteiger partial charge < -0.3 is 4.90 Å². The second-order valence-corrected chi connectivity index (χ2v) is 11.1. The van der Waals surface area contributed by atoms with Crippen LogP contribution in [0.4, 0.5) is 0 Å². The van der Waals surface area contributed by atoms with Gasteiger partial charge in [-0.3, -0.25) is 24.0 Å². The summed E-state index contributed by atoms with van der Waals surface area (Å²) in [7, 11) is 0. The molecule has 10 nitrogen and oxygen atoms in total. The number of piperidine rings is 1. The molecule has 4 aromatic rings. The molecule has 1 amide bonds. The number of likely N-dealkylation sites (tertiary alicyclic amines) is 1. The second kappa shape index (κ2) is 8.87. The molecular weight excluding hydrogens is 550 g/mol. The summed E-state index contributed by atoms with van der Waals surface area (Å²) in [4.78, 5) is 58.6. The Kier molecular flexibility index (Phi) is 5.71. The average molecular weight is 574 g/mol. The van der Waals surface area contributed by atoms with Gasteiger partial charge in [0.15, 0.2) is 5.78 Å². The van der Waals surface area contributed by atoms with Crippen molar-refractivity contribution in [1.29, 1.82) is 0 Å². The number of pyridine rings is 2. The largest absolute Gasteiger partial charge is 0.327 e. The highest BCUT2D eigenvalue weighted by atomic mass is 79.9. The van der Waals surface area contributed by atoms with Crippen LogP contribution >= 0.6 is 15.9 Å². The number of nitrogens with zero attached hydrogens (tertiary/aromatic N) is 7. The molecule has 0 N–H and O–H groups in total. The summed E-state index contributed by atoms with van der Waals surface area (Å²) in [5.41, 5.74) is 2.38. The lowest BCUT2D eigenvalue weighted by Gasteiger charge is -2.26. The van der Waals surface area contributed by atoms with Gasteiger partial charge in [0, 0.05) is 36.3 Å². The molecule has 1 saturated heterocycles. The van der Waals surface area contributed by atoms with Gasteiger partial charge >= 0.3 is 0 Å². The van der Waals surface area contributed by atoms with Crippen molar-refractivity contribution in [2.45, 2.75) is 52.2 Å². The summed E-state index contributed by atoms with van der Waals surface area (Å²) < 4.78 is 2.08. The highest BCUT2D eigenvalue weighted by Gasteiger charge is 2.64. The fourth-order valence-electron chi connectivity index (χ4n) is 5.42. The highest BCUT2D eigenvalue weighted by Crippen LogP contribution is 2.59. The summed E-state index contributed by atoms with van der Waals surface area (Å²) in [6.45, 7) is 5.24. The zero-order valence-electron chi connectivity index (χ0n) is 21.1. The highest BCUT2D eigenvalue weighted by molar-refractivity contribution is 9.10. The lowest BCUT2D eigenvalue weighted by atomic mass is 9.97. The minimum atomic E-state index is -0.589. The zero-order chi connectivity index (χ0) is 26.8. The predicted molar refractivity (Wildman–Crippen MR) is 141 cm³/mol. The fraction of sp³-hybridized carbons (Fsp3) is 0.333. The maximum Gasteiger partial charge on any atom is 0.245 e. The van der Waals surface area contributed by atoms with Crippen LogP contribution in [0.1, 0.15) is 53.5 Å². The molecule has 4 aromatic heterocycles. The van der Waals surface area contributed by atoms with E-state index in [2.05, 4.69) is 47.9 Å². The maximum atomic E-state index is 13.7. The number of aromatic nitrogens is 6. The van der Waals surface area contributed by atoms with Crippen LogP contribution in [0.2, 0.25) is 0 Å². The molecular formula is C27H24BrN7O3. The molecule has 1 aliphatic carbocycles. The molecule has 1 saturated carbocycles. The first-order chi connectivity index (χ1) is 18.1. The first-order valence-electron chi connectivity index (χ1n) is 12.3. The van der Waals surface area contributed by atoms with E-state index in [0.29, 0.717) is 44.7 Å². The Balaban J connectivity index is 1.33. The summed E-state index contributed by atoms with van der Waals surface area (Å²) in [6.07, 6.45) is 6.41. The van der Waals surface area contributed by atoms with Crippen molar-refractivity contribution in [1.82, 2.24) is 34.6 Å². The number of rotatable bonds is 6. The Bertz CT molecular complexity index is 1630. The van der Waals surface area contributed by atoms with E-state index in [9.17, 15) is 14.4 Å². The topological polar surface area (TPSA) is 124 Å². The third kappa shape index (κ3) is 4.10. The SMILES string of the molecule is CC(=O)c1nn(CC(=O)N2[C@H](C(=O)c3cccc(Br)n3)C[C@@]3(C)C[C@@H]23)c2cnc(-c3cnc(C)nc3)cc12. The van der Waals surface area contributed by atoms with Crippen LogP contribution in [-0.2, 0) is 11.3 Å². The number of ketones is 2. The molecule has 2 fully saturated rings. The van der Waals surface area contributed by atoms with Crippen molar-refractivity contribution < 1.29 is 14.4 Å². The number of hydrogen-bond donors (Lipinski definition) is 0. The van der Waals surface area contributed by atoms with Crippen LogP contribution in [0.3, 0.4) is 0 Å². The van der Waals surface area contributed by atoms with Crippen LogP contribution in [-0.4, -0.2) is 64.2 Å². The molecule has 0 radical (unpaired) electrons. The Morgan fingerprint density at radius 2 is 1.87 bits per heavy atom. The van der Waals surface area contributed by atoms with Gasteiger partial charge in [-0.05, 0) is 59.3 Å². The summed E-state index contributed by atoms with van der Waals surface area (Å²) in [5, 5.41) is 5.09. The standard InChI is InChI=1S/C27H24BrN7O3/c1-14(36)25-17-7-19(16-10-29-15(2)30-11-16)31-12-21(17)34(33-25)13-24(37)35-20(8-27(3)9-22(27)35)26(38)18-5-4-6-23(28)32-18/h4-7,10-12,20,22H,8-9,13H2,1-3H3/t20-,22+,27-/m0/s1. The van der Waals surface area contributed by atoms with E-state index in [1.165, 1.54) is 11.6 Å². The van der Waals surface area contributed by atoms with E-state index < -0.39 is 6.04 Å². The molecule has 2 aliphatic rings. The van der Waals surface area contributed by atoms with Crippen molar-refractivity contribution in [3.05, 3.63) is 64.7 Å². The molecule has 3 atom stereocenters. The van der Waals surface area contributed by atoms with E-state index in [1.54, 1.807) is 54.7 Å². The normalized spacial score (nSPS) is 21.9. The van der Waals surface area contributed by atoms with Gasteiger partial charge in [0.2, 0.25) is 11.7 Å². The fourth-order valence-corrected chi connectivity index (χ4v) is 5.77. The first-order valence-corrected chi connectivity index (χ1v) is 13.1. The summed E-state index contributed by atoms with van der Waals surface area (Å²) in [6, 6.07) is 6.37. The third-order valence-corrected chi connectivity index (χ3v) is 7.97. The van der Waals surface area contributed by atoms with E-state index in [4.69, 9.17) is 0 Å². The number of halogens is 1. The average Bonchev–Trinajstić information content (AvgIpc) is 3.26. The van der Waals surface area contributed by atoms with Crippen molar-refractivity contribution in [2.75, 3.05) is 0 Å². The van der Waals surface area contributed by atoms with E-state index in [1.807, 2.05) is 0 Å². The van der Waals surface area contributed by atoms with Crippen LogP contribution < -0.4 is 0 Å². The third-order valence-electron chi connectivity index (χ3n) is 7.53. The van der Waals surface area contributed by atoms with E-state index in [-0.39, 0.29) is 41.2 Å². The van der Waals surface area contributed by atoms with Crippen molar-refractivity contribution in [2.24, 2.45) is 5.41 Å². The van der Waals surface area contributed by atoms with Crippen LogP contribution in [0.5, 0.6) is 0 Å². The minimum absolute atomic E-state index is 0.00327. The Morgan fingerprint density at radius 1 is 1.11 bits per heavy atom. The maximum absolute atomic E-state index is 13.7. The van der Waals surface area contributed by atoms with Crippen LogP contribution in [0.15, 0.2) is 47.5 Å². The monoisotopic (exact) mass is 573 g/mol. The second-order valence-electron chi connectivity index (χ2n) is 10.3. The molecule has 5 heterocycles. The van der Waals surface area contributed by atoms with Gasteiger partial charge in [-0.15, -0.1) is 0 Å². The zero-order valence-corrected chi connectivity index (χ0v) is 22.6. The number of carbonyl (C=O) groups is 3. The molecule has 192 valence electrons. The number of aryl methyl sites for hydroxylation is 1. The van der Waals surface area contributed by atoms with Gasteiger partial charge in [0.1, 0.15) is 28.4 Å². The number of fused-ring (bicyclic) bond motifs is 2. The Morgan fingerprint density at radius 3 is 2.58 bits per heavy atom. The Labute approximate surface area is 226 Å². The molecule has 0 unspecified atom stereocenters. The number of amides is 1. The Hall–Kier alpha value is -3.86. The number of carbonyl (C=O) groups excluding carboxylic acids is 3. The first kappa shape index (κ1) is 24.5. The van der Waals surface area contributed by atoms with Crippen molar-refractivity contribution in [3.63, 3.8) is 0 Å². The van der Waals surface area contributed by atoms with Gasteiger partial charge in [-0.1, -0.05) is 13.0 Å². The van der Waals surface area contributed by atoms with Gasteiger partial charge in [-0.25, -0.2) is 15.0 Å².